The largest absolute Gasteiger partial charge is 0.520 e. The highest BCUT2D eigenvalue weighted by molar-refractivity contribution is 6.70. The molecule has 0 amide bonds. The molecule has 0 aliphatic carbocycles. The van der Waals surface area contributed by atoms with Crippen molar-refractivity contribution in [2.24, 2.45) is 0 Å². The molecular formula is C15H24O2Si. The van der Waals surface area contributed by atoms with E-state index in [9.17, 15) is 0 Å². The van der Waals surface area contributed by atoms with Crippen molar-refractivity contribution in [3.05, 3.63) is 41.8 Å². The molecule has 0 atom stereocenters. The van der Waals surface area contributed by atoms with Gasteiger partial charge >= 0.3 is 0 Å². The van der Waals surface area contributed by atoms with Crippen molar-refractivity contribution in [2.45, 2.75) is 46.0 Å². The van der Waals surface area contributed by atoms with Gasteiger partial charge in [-0.25, -0.2) is 0 Å². The summed E-state index contributed by atoms with van der Waals surface area (Å²) < 4.78 is 11.9. The first kappa shape index (κ1) is 14.8. The van der Waals surface area contributed by atoms with Crippen molar-refractivity contribution in [2.75, 3.05) is 0 Å². The molecule has 0 saturated heterocycles. The Bertz CT molecular complexity index is 379. The minimum atomic E-state index is -1.67. The van der Waals surface area contributed by atoms with Gasteiger partial charge in [-0.15, -0.1) is 0 Å². The minimum absolute atomic E-state index is 0.250. The van der Waals surface area contributed by atoms with Crippen LogP contribution >= 0.6 is 0 Å². The zero-order valence-electron chi connectivity index (χ0n) is 12.3. The molecule has 0 heterocycles. The lowest BCUT2D eigenvalue weighted by Gasteiger charge is -2.28. The smallest absolute Gasteiger partial charge is 0.266 e. The van der Waals surface area contributed by atoms with Crippen LogP contribution in [0.1, 0.15) is 26.3 Å². The van der Waals surface area contributed by atoms with E-state index in [2.05, 4.69) is 19.6 Å². The third kappa shape index (κ3) is 6.50. The fourth-order valence-corrected chi connectivity index (χ4v) is 2.07. The van der Waals surface area contributed by atoms with Gasteiger partial charge in [0.1, 0.15) is 5.60 Å². The molecule has 18 heavy (non-hydrogen) atoms. The standard InChI is InChI=1S/C15H24O2Si/c1-15(2,3)16-14(17-18(4,5)6)12-13-10-8-7-9-11-13/h7-12H,1-6H3/b14-12+. The predicted octanol–water partition coefficient (Wildman–Crippen LogP) is 4.65. The van der Waals surface area contributed by atoms with Crippen LogP contribution in [0.3, 0.4) is 0 Å². The van der Waals surface area contributed by atoms with Crippen molar-refractivity contribution >= 4 is 14.4 Å². The summed E-state index contributed by atoms with van der Waals surface area (Å²) in [5.74, 6) is 0.618. The summed E-state index contributed by atoms with van der Waals surface area (Å²) in [6.45, 7) is 12.5. The molecule has 0 saturated carbocycles. The van der Waals surface area contributed by atoms with E-state index in [1.165, 1.54) is 0 Å². The van der Waals surface area contributed by atoms with Gasteiger partial charge in [-0.05, 0) is 46.0 Å². The molecular weight excluding hydrogens is 240 g/mol. The third-order valence-electron chi connectivity index (χ3n) is 1.90. The number of hydrogen-bond acceptors (Lipinski definition) is 2. The van der Waals surface area contributed by atoms with E-state index in [4.69, 9.17) is 9.16 Å². The Morgan fingerprint density at radius 3 is 2.06 bits per heavy atom. The van der Waals surface area contributed by atoms with Crippen LogP contribution in [0.5, 0.6) is 0 Å². The zero-order chi connectivity index (χ0) is 13.8. The maximum atomic E-state index is 6.00. The summed E-state index contributed by atoms with van der Waals surface area (Å²) in [4.78, 5) is 0. The molecule has 0 unspecified atom stereocenters. The highest BCUT2D eigenvalue weighted by Crippen LogP contribution is 2.21. The molecule has 100 valence electrons. The lowest BCUT2D eigenvalue weighted by molar-refractivity contribution is -0.00530. The second-order valence-corrected chi connectivity index (χ2v) is 10.7. The molecule has 0 spiro atoms. The second-order valence-electron chi connectivity index (χ2n) is 6.30. The van der Waals surface area contributed by atoms with E-state index in [1.54, 1.807) is 0 Å². The van der Waals surface area contributed by atoms with E-state index in [0.717, 1.165) is 5.56 Å². The Balaban J connectivity index is 2.94. The van der Waals surface area contributed by atoms with Crippen molar-refractivity contribution in [1.82, 2.24) is 0 Å². The summed E-state index contributed by atoms with van der Waals surface area (Å²) in [6, 6.07) is 10.1. The summed E-state index contributed by atoms with van der Waals surface area (Å²) >= 11 is 0. The van der Waals surface area contributed by atoms with Crippen LogP contribution in [-0.4, -0.2) is 13.9 Å². The number of ether oxygens (including phenoxy) is 1. The van der Waals surface area contributed by atoms with Crippen LogP contribution < -0.4 is 0 Å². The Hall–Kier alpha value is -1.22. The molecule has 3 heteroatoms. The average molecular weight is 264 g/mol. The van der Waals surface area contributed by atoms with Crippen LogP contribution in [0.2, 0.25) is 19.6 Å². The van der Waals surface area contributed by atoms with Crippen molar-refractivity contribution in [3.63, 3.8) is 0 Å². The van der Waals surface area contributed by atoms with Crippen LogP contribution in [-0.2, 0) is 9.16 Å². The van der Waals surface area contributed by atoms with Crippen LogP contribution in [0.25, 0.3) is 6.08 Å². The molecule has 0 aromatic heterocycles. The highest BCUT2D eigenvalue weighted by atomic mass is 28.4. The predicted molar refractivity (Wildman–Crippen MR) is 79.7 cm³/mol. The van der Waals surface area contributed by atoms with Gasteiger partial charge in [0.15, 0.2) is 0 Å². The van der Waals surface area contributed by atoms with Gasteiger partial charge in [-0.3, -0.25) is 0 Å². The Morgan fingerprint density at radius 1 is 1.06 bits per heavy atom. The quantitative estimate of drug-likeness (QED) is 0.582. The van der Waals surface area contributed by atoms with E-state index < -0.39 is 8.32 Å². The zero-order valence-corrected chi connectivity index (χ0v) is 13.3. The molecule has 1 rings (SSSR count). The molecule has 0 fully saturated rings. The first-order chi connectivity index (χ1) is 8.16. The molecule has 0 bridgehead atoms. The van der Waals surface area contributed by atoms with Gasteiger partial charge < -0.3 is 9.16 Å². The Morgan fingerprint density at radius 2 is 1.61 bits per heavy atom. The number of rotatable bonds is 4. The number of benzene rings is 1. The lowest BCUT2D eigenvalue weighted by Crippen LogP contribution is -2.29. The first-order valence-electron chi connectivity index (χ1n) is 6.30. The fourth-order valence-electron chi connectivity index (χ4n) is 1.37. The van der Waals surface area contributed by atoms with Crippen LogP contribution in [0.4, 0.5) is 0 Å². The molecule has 0 N–H and O–H groups in total. The molecule has 0 aliphatic rings. The SMILES string of the molecule is CC(C)(C)O/C(=C\c1ccccc1)O[Si](C)(C)C. The fraction of sp³-hybridized carbons (Fsp3) is 0.467. The van der Waals surface area contributed by atoms with Gasteiger partial charge in [0, 0.05) is 6.08 Å². The van der Waals surface area contributed by atoms with E-state index in [-0.39, 0.29) is 5.60 Å². The molecule has 0 radical (unpaired) electrons. The molecule has 1 aromatic rings. The maximum Gasteiger partial charge on any atom is 0.266 e. The normalized spacial score (nSPS) is 13.3. The van der Waals surface area contributed by atoms with Crippen molar-refractivity contribution in [3.8, 4) is 0 Å². The molecule has 2 nitrogen and oxygen atoms in total. The topological polar surface area (TPSA) is 18.5 Å². The second kappa shape index (κ2) is 5.61. The Kier molecular flexibility index (Phi) is 4.63. The van der Waals surface area contributed by atoms with Crippen molar-refractivity contribution < 1.29 is 9.16 Å². The summed E-state index contributed by atoms with van der Waals surface area (Å²) in [6.07, 6.45) is 1.96. The van der Waals surface area contributed by atoms with E-state index >= 15 is 0 Å². The molecule has 1 aromatic carbocycles. The average Bonchev–Trinajstić information content (AvgIpc) is 2.13. The highest BCUT2D eigenvalue weighted by Gasteiger charge is 2.22. The van der Waals surface area contributed by atoms with Crippen LogP contribution in [0, 0.1) is 0 Å². The first-order valence-corrected chi connectivity index (χ1v) is 9.71. The van der Waals surface area contributed by atoms with Gasteiger partial charge in [0.2, 0.25) is 8.32 Å². The van der Waals surface area contributed by atoms with Gasteiger partial charge in [-0.2, -0.15) is 0 Å². The third-order valence-corrected chi connectivity index (χ3v) is 2.71. The van der Waals surface area contributed by atoms with Crippen LogP contribution in [0.15, 0.2) is 36.3 Å². The van der Waals surface area contributed by atoms with E-state index in [1.807, 2.05) is 57.2 Å². The van der Waals surface area contributed by atoms with Gasteiger partial charge in [0.25, 0.3) is 5.95 Å². The lowest BCUT2D eigenvalue weighted by atomic mass is 10.2. The summed E-state index contributed by atoms with van der Waals surface area (Å²) in [7, 11) is -1.67. The van der Waals surface area contributed by atoms with Gasteiger partial charge in [0.05, 0.1) is 0 Å². The molecule has 0 aliphatic heterocycles. The summed E-state index contributed by atoms with van der Waals surface area (Å²) in [5, 5.41) is 0. The Labute approximate surface area is 112 Å². The van der Waals surface area contributed by atoms with Gasteiger partial charge in [-0.1, -0.05) is 30.3 Å². The maximum absolute atomic E-state index is 6.00. The van der Waals surface area contributed by atoms with Crippen molar-refractivity contribution in [1.29, 1.82) is 0 Å². The summed E-state index contributed by atoms with van der Waals surface area (Å²) in [5.41, 5.74) is 0.843. The van der Waals surface area contributed by atoms with E-state index in [0.29, 0.717) is 5.95 Å². The number of hydrogen-bond donors (Lipinski definition) is 0. The monoisotopic (exact) mass is 264 g/mol. The minimum Gasteiger partial charge on any atom is -0.520 e.